The lowest BCUT2D eigenvalue weighted by Crippen LogP contribution is -2.18. The summed E-state index contributed by atoms with van der Waals surface area (Å²) in [6.07, 6.45) is 9.46. The predicted molar refractivity (Wildman–Crippen MR) is 88.6 cm³/mol. The summed E-state index contributed by atoms with van der Waals surface area (Å²) < 4.78 is 10.6. The maximum Gasteiger partial charge on any atom is 0.306 e. The summed E-state index contributed by atoms with van der Waals surface area (Å²) in [5.74, 6) is -0.213. The third kappa shape index (κ3) is 12.7. The number of hydrogen-bond acceptors (Lipinski definition) is 4. The first-order valence-electron chi connectivity index (χ1n) is 8.99. The van der Waals surface area contributed by atoms with Gasteiger partial charge in [0.1, 0.15) is 6.10 Å². The van der Waals surface area contributed by atoms with E-state index in [1.807, 2.05) is 6.92 Å². The smallest absolute Gasteiger partial charge is 0.306 e. The van der Waals surface area contributed by atoms with Crippen molar-refractivity contribution < 1.29 is 19.1 Å². The Labute approximate surface area is 135 Å². The van der Waals surface area contributed by atoms with E-state index in [2.05, 4.69) is 13.8 Å². The Morgan fingerprint density at radius 1 is 0.818 bits per heavy atom. The molecule has 22 heavy (non-hydrogen) atoms. The van der Waals surface area contributed by atoms with Crippen LogP contribution >= 0.6 is 0 Å². The summed E-state index contributed by atoms with van der Waals surface area (Å²) in [7, 11) is 0. The van der Waals surface area contributed by atoms with Crippen LogP contribution < -0.4 is 0 Å². The Morgan fingerprint density at radius 2 is 1.41 bits per heavy atom. The summed E-state index contributed by atoms with van der Waals surface area (Å²) in [4.78, 5) is 23.1. The normalized spacial score (nSPS) is 12.0. The molecular weight excluding hydrogens is 280 g/mol. The van der Waals surface area contributed by atoms with Crippen LogP contribution in [0.15, 0.2) is 0 Å². The molecule has 130 valence electrons. The third-order valence-corrected chi connectivity index (χ3v) is 3.66. The summed E-state index contributed by atoms with van der Waals surface area (Å²) in [5.41, 5.74) is 0. The van der Waals surface area contributed by atoms with Crippen molar-refractivity contribution in [2.45, 2.75) is 97.5 Å². The molecule has 4 nitrogen and oxygen atoms in total. The minimum atomic E-state index is -0.113. The van der Waals surface area contributed by atoms with E-state index in [0.717, 1.165) is 57.8 Å². The summed E-state index contributed by atoms with van der Waals surface area (Å²) >= 11 is 0. The molecule has 0 saturated heterocycles. The predicted octanol–water partition coefficient (Wildman–Crippen LogP) is 4.79. The lowest BCUT2D eigenvalue weighted by atomic mass is 10.1. The fourth-order valence-corrected chi connectivity index (χ4v) is 2.20. The molecule has 0 N–H and O–H groups in total. The van der Waals surface area contributed by atoms with Crippen LogP contribution in [0.25, 0.3) is 0 Å². The molecule has 1 atom stereocenters. The van der Waals surface area contributed by atoms with Crippen molar-refractivity contribution in [3.63, 3.8) is 0 Å². The van der Waals surface area contributed by atoms with E-state index in [9.17, 15) is 9.59 Å². The molecule has 0 aromatic rings. The SMILES string of the molecule is CCCCCC(=O)OCCCC(CC)OC(=O)CCCCC. The molecule has 0 amide bonds. The fourth-order valence-electron chi connectivity index (χ4n) is 2.20. The molecule has 0 rings (SSSR count). The van der Waals surface area contributed by atoms with Crippen molar-refractivity contribution in [1.29, 1.82) is 0 Å². The summed E-state index contributed by atoms with van der Waals surface area (Å²) in [5, 5.41) is 0. The van der Waals surface area contributed by atoms with Crippen molar-refractivity contribution in [1.82, 2.24) is 0 Å². The van der Waals surface area contributed by atoms with E-state index in [0.29, 0.717) is 19.4 Å². The minimum Gasteiger partial charge on any atom is -0.466 e. The maximum absolute atomic E-state index is 11.7. The van der Waals surface area contributed by atoms with Gasteiger partial charge in [0.25, 0.3) is 0 Å². The van der Waals surface area contributed by atoms with Gasteiger partial charge >= 0.3 is 11.9 Å². The van der Waals surface area contributed by atoms with Gasteiger partial charge in [0.15, 0.2) is 0 Å². The van der Waals surface area contributed by atoms with Gasteiger partial charge in [-0.3, -0.25) is 9.59 Å². The van der Waals surface area contributed by atoms with Crippen molar-refractivity contribution in [2.24, 2.45) is 0 Å². The van der Waals surface area contributed by atoms with Crippen molar-refractivity contribution in [3.8, 4) is 0 Å². The highest BCUT2D eigenvalue weighted by atomic mass is 16.5. The molecule has 0 aliphatic rings. The van der Waals surface area contributed by atoms with Gasteiger partial charge in [0.05, 0.1) is 6.61 Å². The quantitative estimate of drug-likeness (QED) is 0.341. The zero-order valence-electron chi connectivity index (χ0n) is 14.7. The van der Waals surface area contributed by atoms with Crippen LogP contribution in [0.4, 0.5) is 0 Å². The maximum atomic E-state index is 11.7. The van der Waals surface area contributed by atoms with Gasteiger partial charge in [-0.1, -0.05) is 46.5 Å². The zero-order valence-corrected chi connectivity index (χ0v) is 14.7. The van der Waals surface area contributed by atoms with E-state index in [1.165, 1.54) is 0 Å². The molecule has 0 aromatic heterocycles. The van der Waals surface area contributed by atoms with Gasteiger partial charge < -0.3 is 9.47 Å². The molecule has 0 radical (unpaired) electrons. The van der Waals surface area contributed by atoms with Gasteiger partial charge in [0, 0.05) is 12.8 Å². The Bertz CT molecular complexity index is 289. The molecule has 0 aliphatic heterocycles. The molecule has 4 heteroatoms. The molecule has 0 heterocycles. The van der Waals surface area contributed by atoms with Gasteiger partial charge in [0.2, 0.25) is 0 Å². The van der Waals surface area contributed by atoms with Gasteiger partial charge in [-0.2, -0.15) is 0 Å². The van der Waals surface area contributed by atoms with Crippen LogP contribution in [0.1, 0.15) is 91.4 Å². The first-order valence-corrected chi connectivity index (χ1v) is 8.99. The molecule has 0 saturated carbocycles. The molecule has 0 aromatic carbocycles. The molecular formula is C18H34O4. The number of rotatable bonds is 14. The van der Waals surface area contributed by atoms with Gasteiger partial charge in [-0.05, 0) is 32.1 Å². The second kappa shape index (κ2) is 14.9. The average Bonchev–Trinajstić information content (AvgIpc) is 2.50. The van der Waals surface area contributed by atoms with Crippen LogP contribution in [0.3, 0.4) is 0 Å². The first kappa shape index (κ1) is 20.9. The monoisotopic (exact) mass is 314 g/mol. The Morgan fingerprint density at radius 3 is 1.95 bits per heavy atom. The molecule has 0 spiro atoms. The fraction of sp³-hybridized carbons (Fsp3) is 0.889. The Hall–Kier alpha value is -1.06. The van der Waals surface area contributed by atoms with Crippen LogP contribution in [-0.2, 0) is 19.1 Å². The third-order valence-electron chi connectivity index (χ3n) is 3.66. The van der Waals surface area contributed by atoms with E-state index < -0.39 is 0 Å². The molecule has 0 aliphatic carbocycles. The number of carbonyl (C=O) groups is 2. The minimum absolute atomic E-state index is 0.0482. The van der Waals surface area contributed by atoms with Crippen LogP contribution in [0.2, 0.25) is 0 Å². The van der Waals surface area contributed by atoms with Crippen LogP contribution in [0.5, 0.6) is 0 Å². The number of carbonyl (C=O) groups excluding carboxylic acids is 2. The van der Waals surface area contributed by atoms with Gasteiger partial charge in [-0.25, -0.2) is 0 Å². The van der Waals surface area contributed by atoms with Crippen molar-refractivity contribution in [2.75, 3.05) is 6.61 Å². The molecule has 0 bridgehead atoms. The largest absolute Gasteiger partial charge is 0.466 e. The molecule has 0 fully saturated rings. The second-order valence-corrected chi connectivity index (χ2v) is 5.80. The second-order valence-electron chi connectivity index (χ2n) is 5.80. The number of hydrogen-bond donors (Lipinski definition) is 0. The summed E-state index contributed by atoms with van der Waals surface area (Å²) in [6, 6.07) is 0. The number of ether oxygens (including phenoxy) is 2. The highest BCUT2D eigenvalue weighted by molar-refractivity contribution is 5.69. The molecule has 1 unspecified atom stereocenters. The van der Waals surface area contributed by atoms with Crippen LogP contribution in [0, 0.1) is 0 Å². The highest BCUT2D eigenvalue weighted by Gasteiger charge is 2.12. The number of esters is 2. The standard InChI is InChI=1S/C18H34O4/c1-4-7-9-13-17(19)21-15-11-12-16(6-3)22-18(20)14-10-8-5-2/h16H,4-15H2,1-3H3. The lowest BCUT2D eigenvalue weighted by molar-refractivity contribution is -0.151. The van der Waals surface area contributed by atoms with Crippen LogP contribution in [-0.4, -0.2) is 24.6 Å². The van der Waals surface area contributed by atoms with E-state index in [-0.39, 0.29) is 18.0 Å². The van der Waals surface area contributed by atoms with Crippen molar-refractivity contribution >= 4 is 11.9 Å². The van der Waals surface area contributed by atoms with Crippen molar-refractivity contribution in [3.05, 3.63) is 0 Å². The zero-order chi connectivity index (χ0) is 16.6. The van der Waals surface area contributed by atoms with Gasteiger partial charge in [-0.15, -0.1) is 0 Å². The average molecular weight is 314 g/mol. The Kier molecular flexibility index (Phi) is 14.1. The Balaban J connectivity index is 3.68. The lowest BCUT2D eigenvalue weighted by Gasteiger charge is -2.16. The number of unbranched alkanes of at least 4 members (excludes halogenated alkanes) is 4. The van der Waals surface area contributed by atoms with E-state index in [4.69, 9.17) is 9.47 Å². The highest BCUT2D eigenvalue weighted by Crippen LogP contribution is 2.10. The van der Waals surface area contributed by atoms with E-state index >= 15 is 0 Å². The summed E-state index contributed by atoms with van der Waals surface area (Å²) in [6.45, 7) is 6.67. The first-order chi connectivity index (χ1) is 10.6. The topological polar surface area (TPSA) is 52.6 Å². The van der Waals surface area contributed by atoms with E-state index in [1.54, 1.807) is 0 Å².